The lowest BCUT2D eigenvalue weighted by molar-refractivity contribution is -0.144. The summed E-state index contributed by atoms with van der Waals surface area (Å²) in [5.74, 6) is -1.29. The maximum absolute atomic E-state index is 10.9. The van der Waals surface area contributed by atoms with Crippen molar-refractivity contribution >= 4 is 11.9 Å². The van der Waals surface area contributed by atoms with Crippen molar-refractivity contribution in [3.63, 3.8) is 0 Å². The number of esters is 2. The lowest BCUT2D eigenvalue weighted by Gasteiger charge is -1.98. The Morgan fingerprint density at radius 1 is 0.938 bits per heavy atom. The van der Waals surface area contributed by atoms with Gasteiger partial charge in [0.15, 0.2) is 0 Å². The van der Waals surface area contributed by atoms with E-state index in [1.54, 1.807) is 12.1 Å². The van der Waals surface area contributed by atoms with Crippen LogP contribution in [0, 0.1) is 22.7 Å². The second-order valence-corrected chi connectivity index (χ2v) is 2.34. The number of carbonyl (C=O) groups excluding carboxylic acids is 2. The lowest BCUT2D eigenvalue weighted by Crippen LogP contribution is -2.06. The summed E-state index contributed by atoms with van der Waals surface area (Å²) in [6, 6.07) is 3.27. The van der Waals surface area contributed by atoms with Crippen molar-refractivity contribution in [1.82, 2.24) is 0 Å². The topological polar surface area (TPSA) is 100 Å². The molecule has 0 heterocycles. The van der Waals surface area contributed by atoms with Crippen molar-refractivity contribution in [2.45, 2.75) is 12.8 Å². The maximum atomic E-state index is 10.9. The van der Waals surface area contributed by atoms with E-state index in [1.807, 2.05) is 0 Å². The molecule has 0 saturated heterocycles. The third-order valence-electron chi connectivity index (χ3n) is 1.22. The molecular formula is C10H8N2O4. The van der Waals surface area contributed by atoms with Crippen LogP contribution < -0.4 is 0 Å². The molecule has 0 aromatic rings. The number of hydrogen-bond donors (Lipinski definition) is 0. The van der Waals surface area contributed by atoms with Gasteiger partial charge in [0, 0.05) is 0 Å². The highest BCUT2D eigenvalue weighted by atomic mass is 16.5. The molecule has 6 nitrogen and oxygen atoms in total. The number of nitriles is 2. The highest BCUT2D eigenvalue weighted by molar-refractivity contribution is 5.78. The van der Waals surface area contributed by atoms with Crippen LogP contribution in [0.4, 0.5) is 0 Å². The van der Waals surface area contributed by atoms with Gasteiger partial charge < -0.3 is 9.47 Å². The zero-order chi connectivity index (χ0) is 12.2. The van der Waals surface area contributed by atoms with Crippen LogP contribution in [-0.2, 0) is 19.1 Å². The van der Waals surface area contributed by atoms with E-state index >= 15 is 0 Å². The summed E-state index contributed by atoms with van der Waals surface area (Å²) in [6.45, 7) is 0. The number of carbonyl (C=O) groups is 2. The van der Waals surface area contributed by atoms with Crippen LogP contribution in [0.3, 0.4) is 0 Å². The molecule has 6 heteroatoms. The van der Waals surface area contributed by atoms with E-state index in [1.165, 1.54) is 0 Å². The third kappa shape index (κ3) is 8.02. The SMILES string of the molecule is N#CC=COC(=O)CCC(=O)OC=CC#N. The van der Waals surface area contributed by atoms with Gasteiger partial charge in [0.05, 0.1) is 37.1 Å². The molecule has 0 N–H and O–H groups in total. The number of nitrogens with zero attached hydrogens (tertiary/aromatic N) is 2. The second-order valence-electron chi connectivity index (χ2n) is 2.34. The lowest BCUT2D eigenvalue weighted by atomic mass is 10.3. The fraction of sp³-hybridized carbons (Fsp3) is 0.200. The summed E-state index contributed by atoms with van der Waals surface area (Å²) in [4.78, 5) is 21.8. The quantitative estimate of drug-likeness (QED) is 0.388. The van der Waals surface area contributed by atoms with Crippen LogP contribution >= 0.6 is 0 Å². The number of ether oxygens (including phenoxy) is 2. The first-order chi connectivity index (χ1) is 7.70. The van der Waals surface area contributed by atoms with Gasteiger partial charge in [-0.1, -0.05) is 0 Å². The smallest absolute Gasteiger partial charge is 0.311 e. The zero-order valence-corrected chi connectivity index (χ0v) is 8.25. The summed E-state index contributed by atoms with van der Waals surface area (Å²) in [7, 11) is 0. The molecule has 0 aromatic heterocycles. The van der Waals surface area contributed by atoms with Crippen LogP contribution in [-0.4, -0.2) is 11.9 Å². The molecule has 0 amide bonds. The van der Waals surface area contributed by atoms with Gasteiger partial charge in [-0.25, -0.2) is 0 Å². The Bertz CT molecular complexity index is 347. The molecule has 0 spiro atoms. The summed E-state index contributed by atoms with van der Waals surface area (Å²) in [5, 5.41) is 16.2. The van der Waals surface area contributed by atoms with E-state index in [9.17, 15) is 9.59 Å². The predicted molar refractivity (Wildman–Crippen MR) is 50.9 cm³/mol. The Labute approximate surface area is 92.0 Å². The summed E-state index contributed by atoms with van der Waals surface area (Å²) >= 11 is 0. The third-order valence-corrected chi connectivity index (χ3v) is 1.22. The Balaban J connectivity index is 3.72. The molecule has 0 rings (SSSR count). The van der Waals surface area contributed by atoms with Gasteiger partial charge in [-0.15, -0.1) is 0 Å². The fourth-order valence-corrected chi connectivity index (χ4v) is 0.603. The van der Waals surface area contributed by atoms with E-state index < -0.39 is 11.9 Å². The molecule has 0 bridgehead atoms. The average molecular weight is 220 g/mol. The van der Waals surface area contributed by atoms with Gasteiger partial charge in [0.25, 0.3) is 0 Å². The van der Waals surface area contributed by atoms with Gasteiger partial charge in [0.2, 0.25) is 0 Å². The van der Waals surface area contributed by atoms with Crippen molar-refractivity contribution in [1.29, 1.82) is 10.5 Å². The molecule has 0 unspecified atom stereocenters. The first-order valence-electron chi connectivity index (χ1n) is 4.19. The highest BCUT2D eigenvalue weighted by Gasteiger charge is 2.07. The Morgan fingerprint density at radius 3 is 1.62 bits per heavy atom. The molecule has 0 aliphatic carbocycles. The van der Waals surface area contributed by atoms with E-state index in [0.29, 0.717) is 0 Å². The molecular weight excluding hydrogens is 212 g/mol. The largest absolute Gasteiger partial charge is 0.434 e. The first-order valence-corrected chi connectivity index (χ1v) is 4.19. The van der Waals surface area contributed by atoms with Gasteiger partial charge in [0.1, 0.15) is 12.5 Å². The second kappa shape index (κ2) is 8.97. The van der Waals surface area contributed by atoms with Gasteiger partial charge in [-0.05, 0) is 0 Å². The Morgan fingerprint density at radius 2 is 1.31 bits per heavy atom. The van der Waals surface area contributed by atoms with Crippen LogP contribution in [0.15, 0.2) is 24.7 Å². The summed E-state index contributed by atoms with van der Waals surface area (Å²) in [6.07, 6.45) is 3.54. The number of hydrogen-bond acceptors (Lipinski definition) is 6. The van der Waals surface area contributed by atoms with Gasteiger partial charge in [-0.2, -0.15) is 10.5 Å². The Kier molecular flexibility index (Phi) is 7.52. The molecule has 0 radical (unpaired) electrons. The number of rotatable bonds is 5. The Hall–Kier alpha value is -2.60. The van der Waals surface area contributed by atoms with Crippen molar-refractivity contribution < 1.29 is 19.1 Å². The first kappa shape index (κ1) is 13.4. The van der Waals surface area contributed by atoms with Gasteiger partial charge in [-0.3, -0.25) is 9.59 Å². The minimum absolute atomic E-state index is 0.158. The normalized spacial score (nSPS) is 9.62. The molecule has 0 saturated carbocycles. The molecule has 16 heavy (non-hydrogen) atoms. The van der Waals surface area contributed by atoms with E-state index in [4.69, 9.17) is 10.5 Å². The molecule has 82 valence electrons. The fourth-order valence-electron chi connectivity index (χ4n) is 0.603. The molecule has 0 atom stereocenters. The maximum Gasteiger partial charge on any atom is 0.311 e. The van der Waals surface area contributed by atoms with Crippen molar-refractivity contribution in [2.24, 2.45) is 0 Å². The van der Waals surface area contributed by atoms with E-state index in [-0.39, 0.29) is 12.8 Å². The minimum Gasteiger partial charge on any atom is -0.434 e. The van der Waals surface area contributed by atoms with E-state index in [0.717, 1.165) is 24.7 Å². The number of allylic oxidation sites excluding steroid dienone is 2. The van der Waals surface area contributed by atoms with Crippen LogP contribution in [0.25, 0.3) is 0 Å². The average Bonchev–Trinajstić information content (AvgIpc) is 2.27. The van der Waals surface area contributed by atoms with Crippen molar-refractivity contribution in [3.8, 4) is 12.1 Å². The monoisotopic (exact) mass is 220 g/mol. The molecule has 0 fully saturated rings. The summed E-state index contributed by atoms with van der Waals surface area (Å²) < 4.78 is 8.88. The predicted octanol–water partition coefficient (Wildman–Crippen LogP) is 0.928. The molecule has 0 aliphatic heterocycles. The van der Waals surface area contributed by atoms with E-state index in [2.05, 4.69) is 9.47 Å². The highest BCUT2D eigenvalue weighted by Crippen LogP contribution is 1.96. The van der Waals surface area contributed by atoms with Crippen LogP contribution in [0.1, 0.15) is 12.8 Å². The standard InChI is InChI=1S/C10H8N2O4/c11-5-1-7-15-9(13)3-4-10(14)16-8-2-6-12/h1-2,7-8H,3-4H2. The van der Waals surface area contributed by atoms with Crippen molar-refractivity contribution in [2.75, 3.05) is 0 Å². The van der Waals surface area contributed by atoms with Crippen molar-refractivity contribution in [3.05, 3.63) is 24.7 Å². The molecule has 0 aromatic carbocycles. The van der Waals surface area contributed by atoms with Gasteiger partial charge >= 0.3 is 11.9 Å². The minimum atomic E-state index is -0.646. The van der Waals surface area contributed by atoms with Crippen LogP contribution in [0.2, 0.25) is 0 Å². The summed E-state index contributed by atoms with van der Waals surface area (Å²) in [5.41, 5.74) is 0. The van der Waals surface area contributed by atoms with Crippen LogP contribution in [0.5, 0.6) is 0 Å². The zero-order valence-electron chi connectivity index (χ0n) is 8.25. The molecule has 0 aliphatic rings.